The van der Waals surface area contributed by atoms with E-state index < -0.39 is 0 Å². The fourth-order valence-electron chi connectivity index (χ4n) is 11.5. The number of aldehydes is 1. The number of aryl methyl sites for hydroxylation is 3. The van der Waals surface area contributed by atoms with E-state index in [1.807, 2.05) is 0 Å². The smallest absolute Gasteiger partial charge is 0.150 e. The average molecular weight is 878 g/mol. The average Bonchev–Trinajstić information content (AvgIpc) is 3.95. The Hall–Kier alpha value is -4.05. The van der Waals surface area contributed by atoms with Gasteiger partial charge in [0.2, 0.25) is 0 Å². The van der Waals surface area contributed by atoms with Crippen LogP contribution in [0.2, 0.25) is 0 Å². The molecule has 0 saturated carbocycles. The molecule has 0 N–H and O–H groups in total. The van der Waals surface area contributed by atoms with Gasteiger partial charge in [-0.2, -0.15) is 0 Å². The van der Waals surface area contributed by atoms with E-state index in [0.717, 1.165) is 31.5 Å². The van der Waals surface area contributed by atoms with Gasteiger partial charge in [-0.15, -0.1) is 0 Å². The highest BCUT2D eigenvalue weighted by Crippen LogP contribution is 2.48. The van der Waals surface area contributed by atoms with E-state index >= 15 is 0 Å². The summed E-state index contributed by atoms with van der Waals surface area (Å²) in [5, 5.41) is 8.15. The number of carbonyl (C=O) groups is 1. The minimum absolute atomic E-state index is 0.768. The van der Waals surface area contributed by atoms with E-state index in [1.54, 1.807) is 0 Å². The summed E-state index contributed by atoms with van der Waals surface area (Å²) in [7, 11) is 0. The lowest BCUT2D eigenvalue weighted by molar-refractivity contribution is 0.112. The third-order valence-electron chi connectivity index (χ3n) is 15.1. The van der Waals surface area contributed by atoms with Crippen molar-refractivity contribution in [3.8, 4) is 0 Å². The van der Waals surface area contributed by atoms with E-state index in [2.05, 4.69) is 101 Å². The van der Waals surface area contributed by atoms with Crippen molar-refractivity contribution < 1.29 is 4.79 Å². The Morgan fingerprint density at radius 3 is 0.969 bits per heavy atom. The number of para-hydroxylation sites is 2. The molecule has 0 fully saturated rings. The van der Waals surface area contributed by atoms with E-state index in [-0.39, 0.29) is 0 Å². The summed E-state index contributed by atoms with van der Waals surface area (Å²) in [6.45, 7) is 9.97. The Kier molecular flexibility index (Phi) is 19.8. The van der Waals surface area contributed by atoms with Crippen molar-refractivity contribution in [2.75, 3.05) is 0 Å². The largest absolute Gasteiger partial charge is 0.340 e. The number of benzene rings is 4. The molecule has 0 unspecified atom stereocenters. The first kappa shape index (κ1) is 48.9. The van der Waals surface area contributed by atoms with Crippen molar-refractivity contribution in [3.05, 3.63) is 72.3 Å². The summed E-state index contributed by atoms with van der Waals surface area (Å²) in [5.74, 6) is 0. The first-order valence-corrected chi connectivity index (χ1v) is 27.6. The summed E-state index contributed by atoms with van der Waals surface area (Å²) in [5.41, 5.74) is 8.94. The minimum atomic E-state index is 0.768. The second-order valence-electron chi connectivity index (χ2n) is 20.1. The predicted molar refractivity (Wildman–Crippen MR) is 286 cm³/mol. The van der Waals surface area contributed by atoms with Crippen LogP contribution in [0.4, 0.5) is 0 Å². The molecule has 4 nitrogen and oxygen atoms in total. The fraction of sp³-hybridized carbons (Fsp3) is 0.590. The Labute approximate surface area is 393 Å². The summed E-state index contributed by atoms with van der Waals surface area (Å²) < 4.78 is 8.16. The quantitative estimate of drug-likeness (QED) is 0.0293. The highest BCUT2D eigenvalue weighted by Gasteiger charge is 2.27. The van der Waals surface area contributed by atoms with Crippen LogP contribution in [0.25, 0.3) is 65.4 Å². The van der Waals surface area contributed by atoms with E-state index in [1.165, 1.54) is 258 Å². The zero-order valence-electron chi connectivity index (χ0n) is 41.5. The highest BCUT2D eigenvalue weighted by atomic mass is 16.1. The normalized spacial score (nSPS) is 12.2. The molecule has 0 aliphatic carbocycles. The van der Waals surface area contributed by atoms with Crippen LogP contribution < -0.4 is 0 Å². The van der Waals surface area contributed by atoms with E-state index in [4.69, 9.17) is 0 Å². The number of unbranched alkanes of at least 4 members (excludes halogenated alkanes) is 27. The molecule has 3 heterocycles. The van der Waals surface area contributed by atoms with Gasteiger partial charge in [0.05, 0.1) is 16.6 Å². The maximum Gasteiger partial charge on any atom is 0.150 e. The molecule has 0 spiro atoms. The van der Waals surface area contributed by atoms with Gasteiger partial charge < -0.3 is 13.7 Å². The number of nitrogens with zero attached hydrogens (tertiary/aromatic N) is 3. The third kappa shape index (κ3) is 12.1. The maximum absolute atomic E-state index is 12.6. The number of aromatic nitrogens is 3. The van der Waals surface area contributed by atoms with Crippen LogP contribution in [-0.4, -0.2) is 20.0 Å². The van der Waals surface area contributed by atoms with Gasteiger partial charge in [0.1, 0.15) is 6.29 Å². The Bertz CT molecular complexity index is 2470. The topological polar surface area (TPSA) is 31.9 Å². The van der Waals surface area contributed by atoms with Crippen LogP contribution >= 0.6 is 0 Å². The molecular weight excluding hydrogens is 791 g/mol. The lowest BCUT2D eigenvalue weighted by atomic mass is 10.0. The molecule has 352 valence electrons. The molecule has 4 aromatic carbocycles. The molecule has 0 aliphatic rings. The van der Waals surface area contributed by atoms with Crippen molar-refractivity contribution in [2.24, 2.45) is 0 Å². The van der Waals surface area contributed by atoms with Gasteiger partial charge in [-0.25, -0.2) is 0 Å². The number of rotatable bonds is 34. The van der Waals surface area contributed by atoms with Gasteiger partial charge in [-0.1, -0.05) is 231 Å². The summed E-state index contributed by atoms with van der Waals surface area (Å²) >= 11 is 0. The Morgan fingerprint density at radius 1 is 0.338 bits per heavy atom. The molecule has 0 aliphatic heterocycles. The number of carbonyl (C=O) groups excluding carboxylic acids is 1. The zero-order chi connectivity index (χ0) is 45.1. The molecule has 0 atom stereocenters. The Balaban J connectivity index is 1.29. The molecule has 65 heavy (non-hydrogen) atoms. The predicted octanol–water partition coefficient (Wildman–Crippen LogP) is 19.6. The van der Waals surface area contributed by atoms with Gasteiger partial charge in [0.25, 0.3) is 0 Å². The third-order valence-corrected chi connectivity index (χ3v) is 15.1. The lowest BCUT2D eigenvalue weighted by Gasteiger charge is -2.13. The molecule has 0 saturated heterocycles. The second-order valence-corrected chi connectivity index (χ2v) is 20.1. The summed E-state index contributed by atoms with van der Waals surface area (Å²) in [6, 6.07) is 25.2. The van der Waals surface area contributed by atoms with Crippen LogP contribution in [0.1, 0.15) is 224 Å². The van der Waals surface area contributed by atoms with Crippen molar-refractivity contribution in [3.63, 3.8) is 0 Å². The van der Waals surface area contributed by atoms with Crippen molar-refractivity contribution in [1.82, 2.24) is 13.7 Å². The van der Waals surface area contributed by atoms with Gasteiger partial charge in [0.15, 0.2) is 0 Å². The first-order valence-electron chi connectivity index (χ1n) is 27.6. The van der Waals surface area contributed by atoms with Crippen LogP contribution in [0.5, 0.6) is 0 Å². The van der Waals surface area contributed by atoms with Gasteiger partial charge in [0, 0.05) is 74.1 Å². The van der Waals surface area contributed by atoms with Crippen LogP contribution in [0.15, 0.2) is 66.7 Å². The molecule has 0 bridgehead atoms. The van der Waals surface area contributed by atoms with Crippen molar-refractivity contribution in [2.45, 2.75) is 233 Å². The van der Waals surface area contributed by atoms with E-state index in [9.17, 15) is 4.79 Å². The van der Waals surface area contributed by atoms with Crippen molar-refractivity contribution >= 4 is 71.7 Å². The first-order chi connectivity index (χ1) is 32.2. The van der Waals surface area contributed by atoms with E-state index in [0.29, 0.717) is 0 Å². The number of hydrogen-bond acceptors (Lipinski definition) is 1. The summed E-state index contributed by atoms with van der Waals surface area (Å²) in [4.78, 5) is 12.6. The van der Waals surface area contributed by atoms with Crippen LogP contribution in [-0.2, 0) is 19.6 Å². The van der Waals surface area contributed by atoms with Crippen LogP contribution in [0.3, 0.4) is 0 Å². The number of fused-ring (bicyclic) bond motifs is 12. The van der Waals surface area contributed by atoms with Gasteiger partial charge >= 0.3 is 0 Å². The zero-order valence-corrected chi connectivity index (χ0v) is 41.5. The molecular formula is C61H87N3O. The Morgan fingerprint density at radius 2 is 0.631 bits per heavy atom. The minimum Gasteiger partial charge on any atom is -0.340 e. The number of hydrogen-bond donors (Lipinski definition) is 0. The molecule has 7 aromatic rings. The SMILES string of the molecule is CCCCCCCCCCCCn1c2ccccc2c2c1c1c3ccccc3n(CCCCCCCCCCCC)c1c1c3cc(C=O)ccc3n(CCCCCCCCCCCC)c21. The molecule has 0 radical (unpaired) electrons. The molecule has 3 aromatic heterocycles. The lowest BCUT2D eigenvalue weighted by Crippen LogP contribution is -2.02. The van der Waals surface area contributed by atoms with Gasteiger partial charge in [-0.05, 0) is 49.6 Å². The molecule has 4 heteroatoms. The van der Waals surface area contributed by atoms with Gasteiger partial charge in [-0.3, -0.25) is 4.79 Å². The molecule has 7 rings (SSSR count). The van der Waals surface area contributed by atoms with Crippen LogP contribution in [0, 0.1) is 0 Å². The maximum atomic E-state index is 12.6. The highest BCUT2D eigenvalue weighted by molar-refractivity contribution is 6.39. The van der Waals surface area contributed by atoms with Crippen molar-refractivity contribution in [1.29, 1.82) is 0 Å². The monoisotopic (exact) mass is 878 g/mol. The standard InChI is InChI=1S/C61H87N3O/c1-4-7-10-13-16-19-22-25-28-35-44-62-53-40-33-31-38-50(53)57-59(62)56-51-39-32-34-41-54(51)63(45-36-29-26-23-20-17-14-11-8-5-2)60(56)58-52-47-49(48-65)42-43-55(52)64(61(57)58)46-37-30-27-24-21-18-15-12-9-6-3/h31-34,38-43,47-48H,4-30,35-37,44-46H2,1-3H3. The summed E-state index contributed by atoms with van der Waals surface area (Å²) in [6.07, 6.45) is 41.2. The molecule has 0 amide bonds. The fourth-order valence-corrected chi connectivity index (χ4v) is 11.5. The second kappa shape index (κ2) is 26.3.